The standard InChI is InChI=1S/C8H14BrNO2/c1-6(9)7-2-4-10(5-3-7)8(11)12/h6-7H,2-5H2,1H3,(H,11,12). The van der Waals surface area contributed by atoms with Crippen molar-refractivity contribution in [3.63, 3.8) is 0 Å². The van der Waals surface area contributed by atoms with E-state index >= 15 is 0 Å². The number of amides is 1. The van der Waals surface area contributed by atoms with Gasteiger partial charge in [0.25, 0.3) is 0 Å². The number of rotatable bonds is 1. The van der Waals surface area contributed by atoms with Gasteiger partial charge in [0.05, 0.1) is 0 Å². The van der Waals surface area contributed by atoms with E-state index in [1.807, 2.05) is 0 Å². The third-order valence-electron chi connectivity index (χ3n) is 2.46. The molecule has 0 aliphatic carbocycles. The minimum absolute atomic E-state index is 0.508. The zero-order valence-electron chi connectivity index (χ0n) is 7.16. The van der Waals surface area contributed by atoms with E-state index in [1.54, 1.807) is 0 Å². The Bertz CT molecular complexity index is 164. The Kier molecular flexibility index (Phi) is 3.38. The smallest absolute Gasteiger partial charge is 0.407 e. The van der Waals surface area contributed by atoms with Crippen LogP contribution in [0.25, 0.3) is 0 Å². The van der Waals surface area contributed by atoms with Crippen molar-refractivity contribution in [1.82, 2.24) is 4.90 Å². The van der Waals surface area contributed by atoms with Crippen molar-refractivity contribution in [2.45, 2.75) is 24.6 Å². The molecule has 1 rings (SSSR count). The van der Waals surface area contributed by atoms with Gasteiger partial charge in [-0.1, -0.05) is 22.9 Å². The zero-order valence-corrected chi connectivity index (χ0v) is 8.75. The fraction of sp³-hybridized carbons (Fsp3) is 0.875. The highest BCUT2D eigenvalue weighted by atomic mass is 79.9. The van der Waals surface area contributed by atoms with Crippen molar-refractivity contribution in [3.8, 4) is 0 Å². The van der Waals surface area contributed by atoms with Gasteiger partial charge in [0.2, 0.25) is 0 Å². The van der Waals surface area contributed by atoms with Crippen molar-refractivity contribution >= 4 is 22.0 Å². The molecule has 1 aliphatic rings. The number of alkyl halides is 1. The summed E-state index contributed by atoms with van der Waals surface area (Å²) in [5, 5.41) is 8.68. The molecule has 1 fully saturated rings. The second-order valence-electron chi connectivity index (χ2n) is 3.28. The van der Waals surface area contributed by atoms with Crippen molar-refractivity contribution < 1.29 is 9.90 Å². The molecular weight excluding hydrogens is 222 g/mol. The first-order valence-electron chi connectivity index (χ1n) is 4.23. The lowest BCUT2D eigenvalue weighted by Crippen LogP contribution is -2.39. The van der Waals surface area contributed by atoms with Gasteiger partial charge in [-0.3, -0.25) is 0 Å². The predicted octanol–water partition coefficient (Wildman–Crippen LogP) is 2.16. The van der Waals surface area contributed by atoms with Gasteiger partial charge in [-0.25, -0.2) is 4.79 Å². The minimum Gasteiger partial charge on any atom is -0.465 e. The van der Waals surface area contributed by atoms with Crippen LogP contribution in [0, 0.1) is 5.92 Å². The molecule has 1 amide bonds. The van der Waals surface area contributed by atoms with Crippen LogP contribution in [-0.4, -0.2) is 34.0 Å². The fourth-order valence-electron chi connectivity index (χ4n) is 1.55. The van der Waals surface area contributed by atoms with Crippen LogP contribution in [0.15, 0.2) is 0 Å². The summed E-state index contributed by atoms with van der Waals surface area (Å²) < 4.78 is 0. The van der Waals surface area contributed by atoms with Crippen molar-refractivity contribution in [2.75, 3.05) is 13.1 Å². The van der Waals surface area contributed by atoms with E-state index in [1.165, 1.54) is 4.90 Å². The average Bonchev–Trinajstić information content (AvgIpc) is 2.04. The van der Waals surface area contributed by atoms with Crippen LogP contribution in [0.2, 0.25) is 0 Å². The van der Waals surface area contributed by atoms with Gasteiger partial charge in [-0.05, 0) is 18.8 Å². The molecule has 0 radical (unpaired) electrons. The summed E-state index contributed by atoms with van der Waals surface area (Å²) in [5.41, 5.74) is 0. The molecule has 0 aromatic rings. The first kappa shape index (κ1) is 9.84. The van der Waals surface area contributed by atoms with Gasteiger partial charge in [0, 0.05) is 17.9 Å². The summed E-state index contributed by atoms with van der Waals surface area (Å²) in [4.78, 5) is 12.5. The van der Waals surface area contributed by atoms with Gasteiger partial charge in [0.1, 0.15) is 0 Å². The molecule has 1 N–H and O–H groups in total. The quantitative estimate of drug-likeness (QED) is 0.708. The SMILES string of the molecule is CC(Br)C1CCN(C(=O)O)CC1. The van der Waals surface area contributed by atoms with Crippen LogP contribution in [0.5, 0.6) is 0 Å². The van der Waals surface area contributed by atoms with Crippen molar-refractivity contribution in [2.24, 2.45) is 5.92 Å². The lowest BCUT2D eigenvalue weighted by Gasteiger charge is -2.31. The number of piperidine rings is 1. The summed E-state index contributed by atoms with van der Waals surface area (Å²) >= 11 is 3.53. The Morgan fingerprint density at radius 2 is 2.08 bits per heavy atom. The molecule has 3 nitrogen and oxygen atoms in total. The van der Waals surface area contributed by atoms with E-state index in [4.69, 9.17) is 5.11 Å². The van der Waals surface area contributed by atoms with Gasteiger partial charge >= 0.3 is 6.09 Å². The normalized spacial score (nSPS) is 22.3. The second-order valence-corrected chi connectivity index (χ2v) is 4.73. The Balaban J connectivity index is 2.34. The van der Waals surface area contributed by atoms with Crippen LogP contribution in [-0.2, 0) is 0 Å². The predicted molar refractivity (Wildman–Crippen MR) is 50.7 cm³/mol. The van der Waals surface area contributed by atoms with Crippen LogP contribution in [0.4, 0.5) is 4.79 Å². The van der Waals surface area contributed by atoms with E-state index in [9.17, 15) is 4.79 Å². The zero-order chi connectivity index (χ0) is 9.14. The molecule has 0 bridgehead atoms. The highest BCUT2D eigenvalue weighted by molar-refractivity contribution is 9.09. The fourth-order valence-corrected chi connectivity index (χ4v) is 2.08. The third-order valence-corrected chi connectivity index (χ3v) is 3.21. The first-order valence-corrected chi connectivity index (χ1v) is 5.14. The van der Waals surface area contributed by atoms with E-state index < -0.39 is 6.09 Å². The molecule has 0 spiro atoms. The highest BCUT2D eigenvalue weighted by Crippen LogP contribution is 2.24. The summed E-state index contributed by atoms with van der Waals surface area (Å²) in [5.74, 6) is 0.639. The molecule has 70 valence electrons. The molecule has 0 aromatic heterocycles. The molecule has 1 unspecified atom stereocenters. The monoisotopic (exact) mass is 235 g/mol. The number of likely N-dealkylation sites (tertiary alicyclic amines) is 1. The van der Waals surface area contributed by atoms with Crippen LogP contribution in [0.3, 0.4) is 0 Å². The lowest BCUT2D eigenvalue weighted by atomic mass is 9.95. The first-order chi connectivity index (χ1) is 5.61. The molecule has 1 aliphatic heterocycles. The van der Waals surface area contributed by atoms with Crippen LogP contribution in [0.1, 0.15) is 19.8 Å². The number of hydrogen-bond donors (Lipinski definition) is 1. The van der Waals surface area contributed by atoms with E-state index in [2.05, 4.69) is 22.9 Å². The second kappa shape index (κ2) is 4.12. The molecule has 1 heterocycles. The van der Waals surface area contributed by atoms with Gasteiger partial charge in [0.15, 0.2) is 0 Å². The lowest BCUT2D eigenvalue weighted by molar-refractivity contribution is 0.125. The van der Waals surface area contributed by atoms with E-state index in [-0.39, 0.29) is 0 Å². The number of halogens is 1. The van der Waals surface area contributed by atoms with Gasteiger partial charge in [-0.2, -0.15) is 0 Å². The average molecular weight is 236 g/mol. The molecule has 12 heavy (non-hydrogen) atoms. The summed E-state index contributed by atoms with van der Waals surface area (Å²) in [6.07, 6.45) is 1.19. The van der Waals surface area contributed by atoms with Crippen molar-refractivity contribution in [3.05, 3.63) is 0 Å². The summed E-state index contributed by atoms with van der Waals surface area (Å²) in [6, 6.07) is 0. The molecular formula is C8H14BrNO2. The maximum absolute atomic E-state index is 10.5. The maximum atomic E-state index is 10.5. The Labute approximate surface area is 80.9 Å². The largest absolute Gasteiger partial charge is 0.465 e. The molecule has 0 saturated carbocycles. The molecule has 1 atom stereocenters. The molecule has 4 heteroatoms. The number of nitrogens with zero attached hydrogens (tertiary/aromatic N) is 1. The molecule has 0 aromatic carbocycles. The van der Waals surface area contributed by atoms with Crippen LogP contribution >= 0.6 is 15.9 Å². The molecule has 1 saturated heterocycles. The summed E-state index contributed by atoms with van der Waals surface area (Å²) in [6.45, 7) is 3.51. The van der Waals surface area contributed by atoms with Crippen molar-refractivity contribution in [1.29, 1.82) is 0 Å². The van der Waals surface area contributed by atoms with E-state index in [0.717, 1.165) is 12.8 Å². The number of carbonyl (C=O) groups is 1. The third kappa shape index (κ3) is 2.37. The highest BCUT2D eigenvalue weighted by Gasteiger charge is 2.24. The number of carboxylic acid groups (broad SMARTS) is 1. The number of hydrogen-bond acceptors (Lipinski definition) is 1. The topological polar surface area (TPSA) is 40.5 Å². The summed E-state index contributed by atoms with van der Waals surface area (Å²) in [7, 11) is 0. The van der Waals surface area contributed by atoms with Crippen LogP contribution < -0.4 is 0 Å². The Morgan fingerprint density at radius 1 is 1.58 bits per heavy atom. The van der Waals surface area contributed by atoms with E-state index in [0.29, 0.717) is 23.8 Å². The van der Waals surface area contributed by atoms with Gasteiger partial charge < -0.3 is 10.0 Å². The Hall–Kier alpha value is -0.250. The minimum atomic E-state index is -0.782. The van der Waals surface area contributed by atoms with Gasteiger partial charge in [-0.15, -0.1) is 0 Å². The Morgan fingerprint density at radius 3 is 2.42 bits per heavy atom. The maximum Gasteiger partial charge on any atom is 0.407 e.